The Kier molecular flexibility index (Phi) is 2.78. The minimum Gasteiger partial charge on any atom is -0.368 e. The van der Waals surface area contributed by atoms with Crippen molar-refractivity contribution in [2.24, 2.45) is 0 Å². The number of pyridine rings is 1. The van der Waals surface area contributed by atoms with E-state index in [4.69, 9.17) is 0 Å². The first-order valence-electron chi connectivity index (χ1n) is 6.12. The number of hydrogen-bond donors (Lipinski definition) is 1. The zero-order valence-corrected chi connectivity index (χ0v) is 9.76. The second kappa shape index (κ2) is 4.57. The Morgan fingerprint density at radius 3 is 3.18 bits per heavy atom. The molecular formula is C13H16N4. The third kappa shape index (κ3) is 2.30. The molecule has 0 radical (unpaired) electrons. The molecular weight excluding hydrogens is 212 g/mol. The highest BCUT2D eigenvalue weighted by Crippen LogP contribution is 2.21. The van der Waals surface area contributed by atoms with Gasteiger partial charge >= 0.3 is 0 Å². The van der Waals surface area contributed by atoms with Crippen LogP contribution < -0.4 is 5.32 Å². The van der Waals surface area contributed by atoms with Gasteiger partial charge in [0.2, 0.25) is 0 Å². The lowest BCUT2D eigenvalue weighted by Crippen LogP contribution is -2.12. The molecule has 0 spiro atoms. The van der Waals surface area contributed by atoms with Gasteiger partial charge in [-0.15, -0.1) is 0 Å². The second-order valence-electron chi connectivity index (χ2n) is 4.35. The number of nitrogens with one attached hydrogen (secondary N) is 1. The molecule has 2 aromatic rings. The van der Waals surface area contributed by atoms with E-state index in [9.17, 15) is 0 Å². The molecule has 1 aliphatic rings. The van der Waals surface area contributed by atoms with Crippen molar-refractivity contribution in [3.05, 3.63) is 41.9 Å². The zero-order chi connectivity index (χ0) is 11.5. The maximum absolute atomic E-state index is 4.63. The van der Waals surface area contributed by atoms with Crippen molar-refractivity contribution in [2.45, 2.75) is 25.8 Å². The Balaban J connectivity index is 1.58. The van der Waals surface area contributed by atoms with Crippen molar-refractivity contribution < 1.29 is 0 Å². The highest BCUT2D eigenvalue weighted by atomic mass is 15.3. The average molecular weight is 228 g/mol. The summed E-state index contributed by atoms with van der Waals surface area (Å²) < 4.78 is 1.92. The molecule has 2 heterocycles. The van der Waals surface area contributed by atoms with E-state index in [-0.39, 0.29) is 0 Å². The van der Waals surface area contributed by atoms with Crippen LogP contribution in [0.4, 0.5) is 5.82 Å². The fraction of sp³-hybridized carbons (Fsp3) is 0.385. The molecule has 2 aromatic heterocycles. The molecule has 17 heavy (non-hydrogen) atoms. The van der Waals surface area contributed by atoms with Crippen LogP contribution in [-0.2, 0) is 19.4 Å². The summed E-state index contributed by atoms with van der Waals surface area (Å²) in [5.74, 6) is 0.984. The maximum atomic E-state index is 4.63. The fourth-order valence-corrected chi connectivity index (χ4v) is 2.25. The van der Waals surface area contributed by atoms with Crippen LogP contribution in [0, 0.1) is 0 Å². The Labute approximate surface area is 101 Å². The molecule has 0 atom stereocenters. The lowest BCUT2D eigenvalue weighted by atomic mass is 10.2. The molecule has 0 saturated heterocycles. The summed E-state index contributed by atoms with van der Waals surface area (Å²) >= 11 is 0. The van der Waals surface area contributed by atoms with Gasteiger partial charge < -0.3 is 5.32 Å². The summed E-state index contributed by atoms with van der Waals surface area (Å²) in [6, 6.07) is 6.21. The van der Waals surface area contributed by atoms with Crippen LogP contribution in [0.25, 0.3) is 0 Å². The molecule has 0 bridgehead atoms. The van der Waals surface area contributed by atoms with Crippen LogP contribution in [0.2, 0.25) is 0 Å². The van der Waals surface area contributed by atoms with Crippen molar-refractivity contribution in [3.8, 4) is 0 Å². The standard InChI is InChI=1S/C13H16N4/c1-3-11-5-6-13(16-12(11)4-1)14-8-10-17-9-2-7-15-17/h2,5-7,9H,1,3-4,8,10H2,(H,14,16). The largest absolute Gasteiger partial charge is 0.368 e. The van der Waals surface area contributed by atoms with E-state index >= 15 is 0 Å². The van der Waals surface area contributed by atoms with Gasteiger partial charge in [0.25, 0.3) is 0 Å². The minimum atomic E-state index is 0.855. The van der Waals surface area contributed by atoms with Crippen LogP contribution >= 0.6 is 0 Å². The topological polar surface area (TPSA) is 42.7 Å². The first-order chi connectivity index (χ1) is 8.42. The predicted octanol–water partition coefficient (Wildman–Crippen LogP) is 1.88. The highest BCUT2D eigenvalue weighted by Gasteiger charge is 2.11. The number of rotatable bonds is 4. The summed E-state index contributed by atoms with van der Waals surface area (Å²) in [4.78, 5) is 4.63. The van der Waals surface area contributed by atoms with Crippen LogP contribution in [0.3, 0.4) is 0 Å². The highest BCUT2D eigenvalue weighted by molar-refractivity contribution is 5.40. The van der Waals surface area contributed by atoms with E-state index in [1.807, 2.05) is 16.9 Å². The molecule has 3 rings (SSSR count). The first kappa shape index (κ1) is 10.3. The van der Waals surface area contributed by atoms with Gasteiger partial charge in [-0.3, -0.25) is 4.68 Å². The van der Waals surface area contributed by atoms with Crippen LogP contribution in [-0.4, -0.2) is 21.3 Å². The van der Waals surface area contributed by atoms with E-state index < -0.39 is 0 Å². The Hall–Kier alpha value is -1.84. The van der Waals surface area contributed by atoms with Crippen LogP contribution in [0.15, 0.2) is 30.6 Å². The summed E-state index contributed by atoms with van der Waals surface area (Å²) in [5, 5.41) is 7.50. The SMILES string of the molecule is c1cnn(CCNc2ccc3c(n2)CCC3)c1. The van der Waals surface area contributed by atoms with Crippen molar-refractivity contribution in [1.29, 1.82) is 0 Å². The first-order valence-corrected chi connectivity index (χ1v) is 6.12. The minimum absolute atomic E-state index is 0.855. The van der Waals surface area contributed by atoms with Gasteiger partial charge in [0.1, 0.15) is 5.82 Å². The molecule has 0 aromatic carbocycles. The summed E-state index contributed by atoms with van der Waals surface area (Å²) in [6.07, 6.45) is 7.34. The number of hydrogen-bond acceptors (Lipinski definition) is 3. The molecule has 0 saturated carbocycles. The van der Waals surface area contributed by atoms with Crippen molar-refractivity contribution in [1.82, 2.24) is 14.8 Å². The lowest BCUT2D eigenvalue weighted by Gasteiger charge is -2.07. The normalized spacial score (nSPS) is 13.6. The van der Waals surface area contributed by atoms with Gasteiger partial charge in [-0.25, -0.2) is 4.98 Å². The van der Waals surface area contributed by atoms with Crippen LogP contribution in [0.5, 0.6) is 0 Å². The van der Waals surface area contributed by atoms with E-state index in [0.29, 0.717) is 0 Å². The molecule has 1 N–H and O–H groups in total. The summed E-state index contributed by atoms with van der Waals surface area (Å²) in [6.45, 7) is 1.72. The van der Waals surface area contributed by atoms with E-state index in [0.717, 1.165) is 25.3 Å². The molecule has 4 heteroatoms. The van der Waals surface area contributed by atoms with Crippen molar-refractivity contribution in [2.75, 3.05) is 11.9 Å². The van der Waals surface area contributed by atoms with E-state index in [1.165, 1.54) is 24.1 Å². The molecule has 0 unspecified atom stereocenters. The Morgan fingerprint density at radius 1 is 1.29 bits per heavy atom. The van der Waals surface area contributed by atoms with Crippen LogP contribution in [0.1, 0.15) is 17.7 Å². The van der Waals surface area contributed by atoms with Gasteiger partial charge in [-0.1, -0.05) is 6.07 Å². The Bertz CT molecular complexity index is 490. The van der Waals surface area contributed by atoms with Crippen molar-refractivity contribution >= 4 is 5.82 Å². The smallest absolute Gasteiger partial charge is 0.126 e. The summed E-state index contributed by atoms with van der Waals surface area (Å²) in [7, 11) is 0. The van der Waals surface area contributed by atoms with Crippen molar-refractivity contribution in [3.63, 3.8) is 0 Å². The lowest BCUT2D eigenvalue weighted by molar-refractivity contribution is 0.637. The second-order valence-corrected chi connectivity index (χ2v) is 4.35. The maximum Gasteiger partial charge on any atom is 0.126 e. The molecule has 0 amide bonds. The molecule has 88 valence electrons. The predicted molar refractivity (Wildman–Crippen MR) is 67.0 cm³/mol. The Morgan fingerprint density at radius 2 is 2.29 bits per heavy atom. The van der Waals surface area contributed by atoms with Gasteiger partial charge in [0.15, 0.2) is 0 Å². The van der Waals surface area contributed by atoms with Gasteiger partial charge in [-0.2, -0.15) is 5.10 Å². The van der Waals surface area contributed by atoms with E-state index in [2.05, 4.69) is 27.5 Å². The average Bonchev–Trinajstić information content (AvgIpc) is 2.98. The fourth-order valence-electron chi connectivity index (χ4n) is 2.25. The zero-order valence-electron chi connectivity index (χ0n) is 9.76. The molecule has 0 aliphatic heterocycles. The molecule has 1 aliphatic carbocycles. The third-order valence-electron chi connectivity index (χ3n) is 3.13. The molecule has 0 fully saturated rings. The number of aromatic nitrogens is 3. The summed E-state index contributed by atoms with van der Waals surface area (Å²) in [5.41, 5.74) is 2.69. The molecule has 4 nitrogen and oxygen atoms in total. The number of nitrogens with zero attached hydrogens (tertiary/aromatic N) is 3. The number of aryl methyl sites for hydroxylation is 2. The van der Waals surface area contributed by atoms with Gasteiger partial charge in [-0.05, 0) is 37.0 Å². The quantitative estimate of drug-likeness (QED) is 0.868. The third-order valence-corrected chi connectivity index (χ3v) is 3.13. The monoisotopic (exact) mass is 228 g/mol. The van der Waals surface area contributed by atoms with Gasteiger partial charge in [0.05, 0.1) is 6.54 Å². The number of fused-ring (bicyclic) bond motifs is 1. The van der Waals surface area contributed by atoms with Gasteiger partial charge in [0, 0.05) is 24.6 Å². The number of anilines is 1. The van der Waals surface area contributed by atoms with E-state index in [1.54, 1.807) is 6.20 Å².